The number of nitrogens with zero attached hydrogens (tertiary/aromatic N) is 3. The van der Waals surface area contributed by atoms with E-state index in [1.165, 1.54) is 38.8 Å². The lowest BCUT2D eigenvalue weighted by molar-refractivity contribution is 0.197. The molecule has 1 fully saturated rings. The molecule has 20 heavy (non-hydrogen) atoms. The van der Waals surface area contributed by atoms with Crippen LogP contribution in [0.1, 0.15) is 46.5 Å². The molecule has 0 aliphatic carbocycles. The molecule has 1 aliphatic heterocycles. The molecule has 1 saturated heterocycles. The van der Waals surface area contributed by atoms with Crippen molar-refractivity contribution >= 4 is 5.96 Å². The fraction of sp³-hybridized carbons (Fsp3) is 0.938. The van der Waals surface area contributed by atoms with E-state index < -0.39 is 0 Å². The minimum Gasteiger partial charge on any atom is -0.357 e. The van der Waals surface area contributed by atoms with Crippen molar-refractivity contribution in [2.24, 2.45) is 10.9 Å². The predicted octanol–water partition coefficient (Wildman–Crippen LogP) is 2.42. The van der Waals surface area contributed by atoms with E-state index in [-0.39, 0.29) is 0 Å². The Labute approximate surface area is 125 Å². The van der Waals surface area contributed by atoms with Gasteiger partial charge < -0.3 is 15.1 Å². The van der Waals surface area contributed by atoms with E-state index in [0.29, 0.717) is 0 Å². The Morgan fingerprint density at radius 3 is 2.60 bits per heavy atom. The molecule has 118 valence electrons. The number of piperidine rings is 1. The molecule has 4 heteroatoms. The first kappa shape index (κ1) is 17.3. The number of unbranched alkanes of at least 4 members (excludes halogenated alkanes) is 1. The number of nitrogens with one attached hydrogen (secondary N) is 1. The van der Waals surface area contributed by atoms with Crippen molar-refractivity contribution in [3.05, 3.63) is 0 Å². The van der Waals surface area contributed by atoms with Crippen LogP contribution < -0.4 is 5.32 Å². The number of likely N-dealkylation sites (tertiary alicyclic amines) is 1. The number of guanidine groups is 1. The number of hydrogen-bond acceptors (Lipinski definition) is 2. The maximum Gasteiger partial charge on any atom is 0.193 e. The average Bonchev–Trinajstić information content (AvgIpc) is 2.46. The molecule has 0 atom stereocenters. The zero-order valence-electron chi connectivity index (χ0n) is 14.0. The number of hydrogen-bond donors (Lipinski definition) is 1. The second kappa shape index (κ2) is 10.0. The lowest BCUT2D eigenvalue weighted by Gasteiger charge is -2.29. The van der Waals surface area contributed by atoms with Crippen LogP contribution in [0.4, 0.5) is 0 Å². The van der Waals surface area contributed by atoms with Crippen molar-refractivity contribution < 1.29 is 0 Å². The van der Waals surface area contributed by atoms with Crippen molar-refractivity contribution in [1.82, 2.24) is 15.1 Å². The quantitative estimate of drug-likeness (QED) is 0.575. The van der Waals surface area contributed by atoms with Gasteiger partial charge in [0.05, 0.1) is 6.54 Å². The van der Waals surface area contributed by atoms with E-state index in [0.717, 1.165) is 38.1 Å². The Morgan fingerprint density at radius 2 is 2.00 bits per heavy atom. The maximum absolute atomic E-state index is 4.77. The molecule has 0 aromatic heterocycles. The molecule has 0 spiro atoms. The van der Waals surface area contributed by atoms with Crippen LogP contribution in [0.15, 0.2) is 4.99 Å². The summed E-state index contributed by atoms with van der Waals surface area (Å²) in [6, 6.07) is 0. The molecule has 1 N–H and O–H groups in total. The third-order valence-electron chi connectivity index (χ3n) is 4.10. The van der Waals surface area contributed by atoms with Gasteiger partial charge in [0.2, 0.25) is 0 Å². The smallest absolute Gasteiger partial charge is 0.193 e. The Morgan fingerprint density at radius 1 is 1.30 bits per heavy atom. The van der Waals surface area contributed by atoms with Crippen molar-refractivity contribution in [2.45, 2.75) is 46.5 Å². The van der Waals surface area contributed by atoms with Gasteiger partial charge in [-0.3, -0.25) is 4.99 Å². The van der Waals surface area contributed by atoms with Crippen LogP contribution in [0.5, 0.6) is 0 Å². The van der Waals surface area contributed by atoms with Crippen LogP contribution in [0.3, 0.4) is 0 Å². The van der Waals surface area contributed by atoms with E-state index in [2.05, 4.69) is 42.9 Å². The number of aliphatic imine (C=N–C) groups is 1. The molecule has 0 bridgehead atoms. The zero-order chi connectivity index (χ0) is 14.8. The van der Waals surface area contributed by atoms with Gasteiger partial charge in [-0.1, -0.05) is 20.3 Å². The first-order chi connectivity index (χ1) is 9.67. The van der Waals surface area contributed by atoms with E-state index in [1.807, 2.05) is 0 Å². The highest BCUT2D eigenvalue weighted by Gasteiger charge is 2.14. The summed E-state index contributed by atoms with van der Waals surface area (Å²) in [5.74, 6) is 1.97. The minimum absolute atomic E-state index is 0.909. The summed E-state index contributed by atoms with van der Waals surface area (Å²) in [5.41, 5.74) is 0. The monoisotopic (exact) mass is 282 g/mol. The average molecular weight is 282 g/mol. The predicted molar refractivity (Wildman–Crippen MR) is 88.4 cm³/mol. The summed E-state index contributed by atoms with van der Waals surface area (Å²) >= 11 is 0. The summed E-state index contributed by atoms with van der Waals surface area (Å²) in [6.45, 7) is 13.3. The van der Waals surface area contributed by atoms with Crippen molar-refractivity contribution in [3.8, 4) is 0 Å². The molecule has 1 aliphatic rings. The van der Waals surface area contributed by atoms with Gasteiger partial charge in [-0.15, -0.1) is 0 Å². The van der Waals surface area contributed by atoms with Crippen LogP contribution in [-0.2, 0) is 0 Å². The Hall–Kier alpha value is -0.770. The van der Waals surface area contributed by atoms with Gasteiger partial charge in [0, 0.05) is 26.7 Å². The summed E-state index contributed by atoms with van der Waals surface area (Å²) in [6.07, 6.45) is 5.15. The standard InChI is InChI=1S/C16H34N4/c1-5-7-11-19(4)16(17-6-2)18-10-14-20-12-8-15(3)9-13-20/h15H,5-14H2,1-4H3,(H,17,18). The van der Waals surface area contributed by atoms with Gasteiger partial charge in [-0.05, 0) is 45.2 Å². The zero-order valence-corrected chi connectivity index (χ0v) is 14.0. The normalized spacial score (nSPS) is 18.3. The van der Waals surface area contributed by atoms with Gasteiger partial charge >= 0.3 is 0 Å². The SMILES string of the molecule is CCCCN(C)C(=NCCN1CCC(C)CC1)NCC. The van der Waals surface area contributed by atoms with E-state index in [9.17, 15) is 0 Å². The van der Waals surface area contributed by atoms with Crippen molar-refractivity contribution in [1.29, 1.82) is 0 Å². The molecule has 0 saturated carbocycles. The Balaban J connectivity index is 2.34. The summed E-state index contributed by atoms with van der Waals surface area (Å²) in [5, 5.41) is 3.39. The number of rotatable bonds is 7. The van der Waals surface area contributed by atoms with Gasteiger partial charge in [0.25, 0.3) is 0 Å². The lowest BCUT2D eigenvalue weighted by atomic mass is 9.99. The largest absolute Gasteiger partial charge is 0.357 e. The molecule has 0 unspecified atom stereocenters. The fourth-order valence-corrected chi connectivity index (χ4v) is 2.55. The second-order valence-electron chi connectivity index (χ2n) is 6.03. The van der Waals surface area contributed by atoms with Crippen LogP contribution in [-0.4, -0.2) is 62.1 Å². The summed E-state index contributed by atoms with van der Waals surface area (Å²) in [4.78, 5) is 9.58. The van der Waals surface area contributed by atoms with Crippen molar-refractivity contribution in [3.63, 3.8) is 0 Å². The molecule has 0 aromatic carbocycles. The lowest BCUT2D eigenvalue weighted by Crippen LogP contribution is -2.40. The van der Waals surface area contributed by atoms with Gasteiger partial charge in [0.15, 0.2) is 5.96 Å². The van der Waals surface area contributed by atoms with Crippen LogP contribution in [0.2, 0.25) is 0 Å². The first-order valence-electron chi connectivity index (χ1n) is 8.39. The van der Waals surface area contributed by atoms with Gasteiger partial charge in [0.1, 0.15) is 0 Å². The molecule has 1 rings (SSSR count). The third kappa shape index (κ3) is 6.60. The molecular weight excluding hydrogens is 248 g/mol. The van der Waals surface area contributed by atoms with E-state index in [1.54, 1.807) is 0 Å². The van der Waals surface area contributed by atoms with Crippen LogP contribution in [0.25, 0.3) is 0 Å². The van der Waals surface area contributed by atoms with Gasteiger partial charge in [-0.2, -0.15) is 0 Å². The topological polar surface area (TPSA) is 30.9 Å². The summed E-state index contributed by atoms with van der Waals surface area (Å²) < 4.78 is 0. The van der Waals surface area contributed by atoms with E-state index in [4.69, 9.17) is 4.99 Å². The van der Waals surface area contributed by atoms with E-state index >= 15 is 0 Å². The van der Waals surface area contributed by atoms with Gasteiger partial charge in [-0.25, -0.2) is 0 Å². The van der Waals surface area contributed by atoms with Crippen LogP contribution in [0, 0.1) is 5.92 Å². The Kier molecular flexibility index (Phi) is 8.67. The molecule has 0 radical (unpaired) electrons. The highest BCUT2D eigenvalue weighted by Crippen LogP contribution is 2.15. The summed E-state index contributed by atoms with van der Waals surface area (Å²) in [7, 11) is 2.14. The molecule has 4 nitrogen and oxygen atoms in total. The van der Waals surface area contributed by atoms with Crippen molar-refractivity contribution in [2.75, 3.05) is 46.3 Å². The first-order valence-corrected chi connectivity index (χ1v) is 8.39. The molecule has 0 amide bonds. The Bertz CT molecular complexity index is 270. The molecular formula is C16H34N4. The third-order valence-corrected chi connectivity index (χ3v) is 4.10. The molecule has 1 heterocycles. The second-order valence-corrected chi connectivity index (χ2v) is 6.03. The minimum atomic E-state index is 0.909. The maximum atomic E-state index is 4.77. The molecule has 0 aromatic rings. The highest BCUT2D eigenvalue weighted by atomic mass is 15.3. The highest BCUT2D eigenvalue weighted by molar-refractivity contribution is 5.79. The van der Waals surface area contributed by atoms with Crippen LogP contribution >= 0.6 is 0 Å². The fourth-order valence-electron chi connectivity index (χ4n) is 2.55.